The van der Waals surface area contributed by atoms with Gasteiger partial charge in [0, 0.05) is 17.6 Å². The number of allylic oxidation sites excluding steroid dienone is 2. The van der Waals surface area contributed by atoms with E-state index in [1.165, 1.54) is 36.6 Å². The number of aromatic amines is 1. The lowest BCUT2D eigenvalue weighted by molar-refractivity contribution is -0.386. The molecule has 3 N–H and O–H groups in total. The molecule has 2 aliphatic rings. The average molecular weight is 632 g/mol. The van der Waals surface area contributed by atoms with Gasteiger partial charge < -0.3 is 20.2 Å². The molecule has 1 aliphatic heterocycles. The van der Waals surface area contributed by atoms with Crippen molar-refractivity contribution in [3.63, 3.8) is 0 Å². The zero-order chi connectivity index (χ0) is 31.5. The molecule has 0 spiro atoms. The van der Waals surface area contributed by atoms with Gasteiger partial charge in [0.2, 0.25) is 20.7 Å². The Bertz CT molecular complexity index is 1700. The fraction of sp³-hybridized carbons (Fsp3) is 0.379. The fourth-order valence-corrected chi connectivity index (χ4v) is 7.38. The van der Waals surface area contributed by atoms with E-state index in [1.54, 1.807) is 23.2 Å². The molecular formula is C29H31F2N5O7S. The first-order chi connectivity index (χ1) is 21.1. The van der Waals surface area contributed by atoms with Gasteiger partial charge in [-0.1, -0.05) is 18.2 Å². The van der Waals surface area contributed by atoms with Crippen molar-refractivity contribution in [2.75, 3.05) is 33.0 Å². The number of nitro groups is 1. The van der Waals surface area contributed by atoms with Crippen molar-refractivity contribution in [3.8, 4) is 11.5 Å². The number of hydrogen-bond acceptors (Lipinski definition) is 9. The SMILES string of the molecule is NC(=O)C1C=CC=CC1(Oc1cnc2[nH]ccc2c1)S(=O)(=O)c1ccc(OCC2CCN(C(CF)CF)CC2)c([N+](=O)[O-])c1. The molecule has 0 saturated carbocycles. The number of pyridine rings is 1. The predicted molar refractivity (Wildman–Crippen MR) is 156 cm³/mol. The molecule has 234 valence electrons. The first-order valence-corrected chi connectivity index (χ1v) is 15.4. The van der Waals surface area contributed by atoms with Gasteiger partial charge in [-0.2, -0.15) is 0 Å². The number of carbonyl (C=O) groups excluding carboxylic acids is 1. The number of fused-ring (bicyclic) bond motifs is 1. The van der Waals surface area contributed by atoms with Crippen molar-refractivity contribution in [2.24, 2.45) is 17.6 Å². The second-order valence-corrected chi connectivity index (χ2v) is 12.8. The minimum absolute atomic E-state index is 0.0210. The molecule has 2 unspecified atom stereocenters. The standard InChI is InChI=1S/C29H31F2N5O7S/c30-15-21(16-31)35-11-7-19(8-12-35)18-42-26-5-4-23(14-25(26)36(38)39)44(40,41)29(9-2-1-3-24(29)27(32)37)43-22-13-20-6-10-33-28(20)34-17-22/h1-6,9-10,13-14,17,19,21,24H,7-8,11-12,15-16,18H2,(H2,32,37)(H,33,34). The molecule has 2 atom stereocenters. The van der Waals surface area contributed by atoms with Crippen LogP contribution in [0.3, 0.4) is 0 Å². The number of piperidine rings is 1. The maximum Gasteiger partial charge on any atom is 0.312 e. The summed E-state index contributed by atoms with van der Waals surface area (Å²) in [6, 6.07) is 5.66. The lowest BCUT2D eigenvalue weighted by atomic mass is 9.96. The van der Waals surface area contributed by atoms with Gasteiger partial charge in [0.15, 0.2) is 5.75 Å². The third-order valence-electron chi connectivity index (χ3n) is 7.99. The normalized spacial score (nSPS) is 21.1. The number of hydrogen-bond donors (Lipinski definition) is 2. The molecule has 3 aromatic rings. The smallest absolute Gasteiger partial charge is 0.312 e. The molecular weight excluding hydrogens is 600 g/mol. The first-order valence-electron chi connectivity index (χ1n) is 13.9. The molecule has 1 amide bonds. The van der Waals surface area contributed by atoms with Gasteiger partial charge in [-0.25, -0.2) is 22.2 Å². The molecule has 1 aromatic carbocycles. The number of nitro benzene ring substituents is 1. The van der Waals surface area contributed by atoms with Crippen LogP contribution in [0.1, 0.15) is 12.8 Å². The van der Waals surface area contributed by atoms with Gasteiger partial charge in [-0.3, -0.25) is 19.8 Å². The number of alkyl halides is 2. The number of primary amides is 1. The highest BCUT2D eigenvalue weighted by molar-refractivity contribution is 7.93. The molecule has 5 rings (SSSR count). The molecule has 44 heavy (non-hydrogen) atoms. The predicted octanol–water partition coefficient (Wildman–Crippen LogP) is 3.65. The summed E-state index contributed by atoms with van der Waals surface area (Å²) in [6.07, 6.45) is 9.41. The highest BCUT2D eigenvalue weighted by Crippen LogP contribution is 2.42. The fourth-order valence-electron chi connectivity index (χ4n) is 5.51. The van der Waals surface area contributed by atoms with Gasteiger partial charge in [0.25, 0.3) is 0 Å². The lowest BCUT2D eigenvalue weighted by Gasteiger charge is -2.36. The monoisotopic (exact) mass is 631 g/mol. The summed E-state index contributed by atoms with van der Waals surface area (Å²) < 4.78 is 66.5. The van der Waals surface area contributed by atoms with Gasteiger partial charge in [-0.15, -0.1) is 0 Å². The Labute approximate surface area is 251 Å². The van der Waals surface area contributed by atoms with Crippen molar-refractivity contribution in [3.05, 3.63) is 77.1 Å². The van der Waals surface area contributed by atoms with Crippen LogP contribution in [-0.4, -0.2) is 78.1 Å². The van der Waals surface area contributed by atoms with E-state index in [2.05, 4.69) is 9.97 Å². The summed E-state index contributed by atoms with van der Waals surface area (Å²) in [7, 11) is -4.71. The molecule has 1 saturated heterocycles. The van der Waals surface area contributed by atoms with Crippen LogP contribution in [0.4, 0.5) is 14.5 Å². The van der Waals surface area contributed by atoms with Crippen LogP contribution >= 0.6 is 0 Å². The Hall–Kier alpha value is -4.37. The van der Waals surface area contributed by atoms with Crippen molar-refractivity contribution in [1.82, 2.24) is 14.9 Å². The minimum Gasteiger partial charge on any atom is -0.487 e. The van der Waals surface area contributed by atoms with Gasteiger partial charge in [0.1, 0.15) is 30.7 Å². The number of benzene rings is 1. The van der Waals surface area contributed by atoms with Crippen LogP contribution in [0, 0.1) is 22.0 Å². The number of halogens is 2. The Balaban J connectivity index is 1.43. The van der Waals surface area contributed by atoms with E-state index in [1.807, 2.05) is 0 Å². The number of ether oxygens (including phenoxy) is 2. The summed E-state index contributed by atoms with van der Waals surface area (Å²) in [4.78, 5) is 29.9. The second kappa shape index (κ2) is 12.7. The molecule has 0 bridgehead atoms. The third kappa shape index (κ3) is 5.88. The number of rotatable bonds is 12. The lowest BCUT2D eigenvalue weighted by Crippen LogP contribution is -2.53. The van der Waals surface area contributed by atoms with Gasteiger partial charge in [0.05, 0.1) is 28.7 Å². The van der Waals surface area contributed by atoms with E-state index in [-0.39, 0.29) is 24.0 Å². The molecule has 12 nitrogen and oxygen atoms in total. The number of nitrogens with two attached hydrogens (primary N) is 1. The van der Waals surface area contributed by atoms with Crippen LogP contribution in [0.2, 0.25) is 0 Å². The quantitative estimate of drug-likeness (QED) is 0.224. The van der Waals surface area contributed by atoms with E-state index >= 15 is 0 Å². The summed E-state index contributed by atoms with van der Waals surface area (Å²) in [5.41, 5.74) is 5.57. The highest BCUT2D eigenvalue weighted by atomic mass is 32.2. The Morgan fingerprint density at radius 3 is 2.64 bits per heavy atom. The van der Waals surface area contributed by atoms with Crippen molar-refractivity contribution in [1.29, 1.82) is 0 Å². The number of likely N-dealkylation sites (tertiary alicyclic amines) is 1. The van der Waals surface area contributed by atoms with Gasteiger partial charge >= 0.3 is 5.69 Å². The van der Waals surface area contributed by atoms with Crippen LogP contribution in [0.15, 0.2) is 71.9 Å². The maximum atomic E-state index is 14.3. The maximum absolute atomic E-state index is 14.3. The molecule has 1 aliphatic carbocycles. The van der Waals surface area contributed by atoms with Crippen molar-refractivity contribution in [2.45, 2.75) is 28.7 Å². The molecule has 3 heterocycles. The number of aromatic nitrogens is 2. The largest absolute Gasteiger partial charge is 0.487 e. The average Bonchev–Trinajstić information content (AvgIpc) is 3.49. The van der Waals surface area contributed by atoms with Crippen molar-refractivity contribution >= 4 is 32.5 Å². The van der Waals surface area contributed by atoms with Crippen molar-refractivity contribution < 1.29 is 36.4 Å². The number of H-pyrrole nitrogens is 1. The Morgan fingerprint density at radius 1 is 1.20 bits per heavy atom. The summed E-state index contributed by atoms with van der Waals surface area (Å²) in [5.74, 6) is -2.63. The highest BCUT2D eigenvalue weighted by Gasteiger charge is 2.54. The van der Waals surface area contributed by atoms with Crippen LogP contribution < -0.4 is 15.2 Å². The van der Waals surface area contributed by atoms with E-state index in [0.717, 1.165) is 12.1 Å². The minimum atomic E-state index is -4.71. The third-order valence-corrected chi connectivity index (χ3v) is 10.2. The van der Waals surface area contributed by atoms with Gasteiger partial charge in [-0.05, 0) is 62.2 Å². The topological polar surface area (TPSA) is 171 Å². The zero-order valence-electron chi connectivity index (χ0n) is 23.5. The van der Waals surface area contributed by atoms with Crippen LogP contribution in [0.5, 0.6) is 11.5 Å². The molecule has 0 radical (unpaired) electrons. The Kier molecular flexibility index (Phi) is 8.97. The number of amides is 1. The number of carbonyl (C=O) groups is 1. The zero-order valence-corrected chi connectivity index (χ0v) is 24.3. The molecule has 1 fully saturated rings. The van der Waals surface area contributed by atoms with Crippen LogP contribution in [0.25, 0.3) is 11.0 Å². The van der Waals surface area contributed by atoms with E-state index in [9.17, 15) is 32.1 Å². The molecule has 15 heteroatoms. The number of nitrogens with one attached hydrogen (secondary N) is 1. The Morgan fingerprint density at radius 2 is 1.95 bits per heavy atom. The number of nitrogens with zero attached hydrogens (tertiary/aromatic N) is 3. The summed E-state index contributed by atoms with van der Waals surface area (Å²) in [5, 5.41) is 12.7. The molecule has 2 aromatic heterocycles. The summed E-state index contributed by atoms with van der Waals surface area (Å²) >= 11 is 0. The van der Waals surface area contributed by atoms with E-state index in [4.69, 9.17) is 15.2 Å². The van der Waals surface area contributed by atoms with Crippen LogP contribution in [-0.2, 0) is 14.6 Å². The van der Waals surface area contributed by atoms with E-state index < -0.39 is 61.5 Å². The van der Waals surface area contributed by atoms with E-state index in [0.29, 0.717) is 37.0 Å². The first kappa shape index (κ1) is 31.1. The second-order valence-electron chi connectivity index (χ2n) is 10.7. The number of sulfone groups is 1. The summed E-state index contributed by atoms with van der Waals surface area (Å²) in [6.45, 7) is -0.546.